The number of ether oxygens (including phenoxy) is 1. The van der Waals surface area contributed by atoms with E-state index < -0.39 is 5.97 Å². The maximum absolute atomic E-state index is 12.8. The van der Waals surface area contributed by atoms with Gasteiger partial charge in [-0.05, 0) is 25.3 Å². The third kappa shape index (κ3) is 5.99. The van der Waals surface area contributed by atoms with Crippen molar-refractivity contribution in [2.24, 2.45) is 5.92 Å². The van der Waals surface area contributed by atoms with Gasteiger partial charge in [0, 0.05) is 27.1 Å². The first-order valence-corrected chi connectivity index (χ1v) is 13.3. The van der Waals surface area contributed by atoms with Crippen molar-refractivity contribution in [1.29, 1.82) is 0 Å². The molecule has 0 bridgehead atoms. The minimum absolute atomic E-state index is 0.107. The standard InChI is InChI=1S/C23H33N5O4S2/c1-6-28-16(12-15-10-8-7-9-11-15)25-26-23(28)33-13-17(29)24-20-18(22(31)32-5)14(2)19(34-20)21(30)27(3)4/h15H,6-13H2,1-5H3,(H,24,29). The Morgan fingerprint density at radius 2 is 1.91 bits per heavy atom. The zero-order chi connectivity index (χ0) is 24.8. The van der Waals surface area contributed by atoms with E-state index in [0.29, 0.717) is 26.5 Å². The number of nitrogens with zero attached hydrogens (tertiary/aromatic N) is 4. The fraction of sp³-hybridized carbons (Fsp3) is 0.609. The number of rotatable bonds is 9. The molecule has 0 unspecified atom stereocenters. The lowest BCUT2D eigenvalue weighted by Crippen LogP contribution is -2.21. The summed E-state index contributed by atoms with van der Waals surface area (Å²) in [6, 6.07) is 0. The number of hydrogen-bond acceptors (Lipinski definition) is 8. The zero-order valence-corrected chi connectivity index (χ0v) is 22.1. The second kappa shape index (κ2) is 11.8. The van der Waals surface area contributed by atoms with Gasteiger partial charge in [-0.1, -0.05) is 43.9 Å². The summed E-state index contributed by atoms with van der Waals surface area (Å²) in [6.07, 6.45) is 7.28. The van der Waals surface area contributed by atoms with Crippen LogP contribution in [-0.4, -0.2) is 64.4 Å². The molecule has 0 atom stereocenters. The lowest BCUT2D eigenvalue weighted by molar-refractivity contribution is -0.113. The van der Waals surface area contributed by atoms with Crippen LogP contribution >= 0.6 is 23.1 Å². The molecule has 9 nitrogen and oxygen atoms in total. The number of amides is 2. The SMILES string of the molecule is CCn1c(CC2CCCCC2)nnc1SCC(=O)Nc1sc(C(=O)N(C)C)c(C)c1C(=O)OC. The monoisotopic (exact) mass is 507 g/mol. The van der Waals surface area contributed by atoms with Crippen LogP contribution in [0.2, 0.25) is 0 Å². The first-order chi connectivity index (χ1) is 16.3. The van der Waals surface area contributed by atoms with Gasteiger partial charge in [0.1, 0.15) is 10.8 Å². The van der Waals surface area contributed by atoms with Gasteiger partial charge in [-0.3, -0.25) is 9.59 Å². The van der Waals surface area contributed by atoms with E-state index >= 15 is 0 Å². The van der Waals surface area contributed by atoms with E-state index in [2.05, 4.69) is 27.0 Å². The highest BCUT2D eigenvalue weighted by atomic mass is 32.2. The van der Waals surface area contributed by atoms with E-state index in [4.69, 9.17) is 4.74 Å². The minimum Gasteiger partial charge on any atom is -0.465 e. The molecule has 0 spiro atoms. The minimum atomic E-state index is -0.590. The van der Waals surface area contributed by atoms with Crippen molar-refractivity contribution in [3.8, 4) is 0 Å². The largest absolute Gasteiger partial charge is 0.465 e. The summed E-state index contributed by atoms with van der Waals surface area (Å²) in [4.78, 5) is 39.5. The van der Waals surface area contributed by atoms with Crippen molar-refractivity contribution in [2.75, 3.05) is 32.3 Å². The van der Waals surface area contributed by atoms with Crippen LogP contribution in [0.3, 0.4) is 0 Å². The Labute approximate surface area is 208 Å². The third-order valence-electron chi connectivity index (χ3n) is 6.03. The summed E-state index contributed by atoms with van der Waals surface area (Å²) in [6.45, 7) is 4.48. The third-order valence-corrected chi connectivity index (χ3v) is 8.19. The van der Waals surface area contributed by atoms with E-state index in [1.165, 1.54) is 55.9 Å². The Hall–Kier alpha value is -2.40. The number of thiophene rings is 1. The molecule has 1 aliphatic carbocycles. The van der Waals surface area contributed by atoms with Gasteiger partial charge >= 0.3 is 5.97 Å². The summed E-state index contributed by atoms with van der Waals surface area (Å²) < 4.78 is 6.96. The molecule has 0 aliphatic heterocycles. The van der Waals surface area contributed by atoms with Gasteiger partial charge in [0.2, 0.25) is 5.91 Å². The van der Waals surface area contributed by atoms with E-state index in [1.54, 1.807) is 21.0 Å². The molecular formula is C23H33N5O4S2. The molecule has 2 amide bonds. The van der Waals surface area contributed by atoms with Crippen molar-refractivity contribution in [3.63, 3.8) is 0 Å². The Kier molecular flexibility index (Phi) is 9.12. The molecule has 1 N–H and O–H groups in total. The molecule has 1 saturated carbocycles. The average molecular weight is 508 g/mol. The molecular weight excluding hydrogens is 474 g/mol. The van der Waals surface area contributed by atoms with E-state index in [9.17, 15) is 14.4 Å². The molecule has 34 heavy (non-hydrogen) atoms. The summed E-state index contributed by atoms with van der Waals surface area (Å²) in [7, 11) is 4.55. The van der Waals surface area contributed by atoms with Gasteiger partial charge in [0.25, 0.3) is 5.91 Å². The van der Waals surface area contributed by atoms with Crippen LogP contribution in [0.4, 0.5) is 5.00 Å². The Bertz CT molecular complexity index is 1040. The number of esters is 1. The zero-order valence-electron chi connectivity index (χ0n) is 20.5. The van der Waals surface area contributed by atoms with Crippen molar-refractivity contribution in [2.45, 2.75) is 64.1 Å². The number of nitrogens with one attached hydrogen (secondary N) is 1. The molecule has 0 saturated heterocycles. The second-order valence-corrected chi connectivity index (χ2v) is 10.6. The van der Waals surface area contributed by atoms with Gasteiger partial charge in [0.05, 0.1) is 23.3 Å². The number of hydrogen-bond donors (Lipinski definition) is 1. The van der Waals surface area contributed by atoms with Gasteiger partial charge < -0.3 is 19.5 Å². The maximum Gasteiger partial charge on any atom is 0.341 e. The number of thioether (sulfide) groups is 1. The predicted molar refractivity (Wildman–Crippen MR) is 134 cm³/mol. The molecule has 0 radical (unpaired) electrons. The van der Waals surface area contributed by atoms with Crippen molar-refractivity contribution in [3.05, 3.63) is 21.8 Å². The van der Waals surface area contributed by atoms with Crippen LogP contribution in [0.1, 0.15) is 70.4 Å². The van der Waals surface area contributed by atoms with Crippen LogP contribution in [0, 0.1) is 12.8 Å². The first-order valence-electron chi connectivity index (χ1n) is 11.5. The molecule has 2 heterocycles. The van der Waals surface area contributed by atoms with E-state index in [0.717, 1.165) is 30.1 Å². The fourth-order valence-corrected chi connectivity index (χ4v) is 6.25. The highest BCUT2D eigenvalue weighted by molar-refractivity contribution is 7.99. The van der Waals surface area contributed by atoms with Crippen molar-refractivity contribution in [1.82, 2.24) is 19.7 Å². The topological polar surface area (TPSA) is 106 Å². The van der Waals surface area contributed by atoms with Crippen LogP contribution in [-0.2, 0) is 22.5 Å². The normalized spacial score (nSPS) is 14.1. The molecule has 0 aromatic carbocycles. The molecule has 1 fully saturated rings. The van der Waals surface area contributed by atoms with E-state index in [1.807, 2.05) is 0 Å². The van der Waals surface area contributed by atoms with E-state index in [-0.39, 0.29) is 23.1 Å². The van der Waals surface area contributed by atoms with Crippen LogP contribution in [0.25, 0.3) is 0 Å². The molecule has 11 heteroatoms. The van der Waals surface area contributed by atoms with Crippen LogP contribution in [0.5, 0.6) is 0 Å². The molecule has 2 aromatic rings. The number of aromatic nitrogens is 3. The fourth-order valence-electron chi connectivity index (χ4n) is 4.19. The van der Waals surface area contributed by atoms with Gasteiger partial charge in [0.15, 0.2) is 5.16 Å². The van der Waals surface area contributed by atoms with Crippen molar-refractivity contribution >= 4 is 45.9 Å². The van der Waals surface area contributed by atoms with Crippen LogP contribution < -0.4 is 5.32 Å². The number of carbonyl (C=O) groups is 3. The summed E-state index contributed by atoms with van der Waals surface area (Å²) >= 11 is 2.40. The highest BCUT2D eigenvalue weighted by Crippen LogP contribution is 2.34. The van der Waals surface area contributed by atoms with Crippen LogP contribution in [0.15, 0.2) is 5.16 Å². The highest BCUT2D eigenvalue weighted by Gasteiger charge is 2.27. The number of anilines is 1. The first kappa shape index (κ1) is 26.2. The Morgan fingerprint density at radius 1 is 1.21 bits per heavy atom. The lowest BCUT2D eigenvalue weighted by atomic mass is 9.87. The molecule has 3 rings (SSSR count). The second-order valence-electron chi connectivity index (χ2n) is 8.64. The lowest BCUT2D eigenvalue weighted by Gasteiger charge is -2.21. The van der Waals surface area contributed by atoms with Gasteiger partial charge in [-0.15, -0.1) is 21.5 Å². The van der Waals surface area contributed by atoms with Crippen molar-refractivity contribution < 1.29 is 19.1 Å². The van der Waals surface area contributed by atoms with Gasteiger partial charge in [-0.25, -0.2) is 4.79 Å². The Morgan fingerprint density at radius 3 is 2.53 bits per heavy atom. The molecule has 186 valence electrons. The average Bonchev–Trinajstić information content (AvgIpc) is 3.36. The summed E-state index contributed by atoms with van der Waals surface area (Å²) in [5.74, 6) is 0.625. The molecule has 1 aliphatic rings. The quantitative estimate of drug-likeness (QED) is 0.404. The van der Waals surface area contributed by atoms with Gasteiger partial charge in [-0.2, -0.15) is 0 Å². The smallest absolute Gasteiger partial charge is 0.341 e. The number of methoxy groups -OCH3 is 1. The summed E-state index contributed by atoms with van der Waals surface area (Å²) in [5.41, 5.74) is 0.708. The number of carbonyl (C=O) groups excluding carboxylic acids is 3. The molecule has 2 aromatic heterocycles. The maximum atomic E-state index is 12.8. The Balaban J connectivity index is 1.70. The predicted octanol–water partition coefficient (Wildman–Crippen LogP) is 4.01. The summed E-state index contributed by atoms with van der Waals surface area (Å²) in [5, 5.41) is 12.5.